The molecule has 1 aromatic rings. The molecule has 0 spiro atoms. The highest BCUT2D eigenvalue weighted by atomic mass is 32.2. The molecule has 0 bridgehead atoms. The van der Waals surface area contributed by atoms with Crippen LogP contribution in [-0.4, -0.2) is 28.0 Å². The topological polar surface area (TPSA) is 98.5 Å². The van der Waals surface area contributed by atoms with Gasteiger partial charge in [-0.2, -0.15) is 0 Å². The number of hydrogen-bond donors (Lipinski definition) is 2. The Morgan fingerprint density at radius 2 is 2.14 bits per heavy atom. The van der Waals surface area contributed by atoms with Crippen molar-refractivity contribution < 1.29 is 17.9 Å². The number of carbonyl (C=O) groups excluding carboxylic acids is 1. The molecular weight excluding hydrogens is 292 g/mol. The van der Waals surface area contributed by atoms with Crippen molar-refractivity contribution in [2.75, 3.05) is 19.4 Å². The highest BCUT2D eigenvalue weighted by molar-refractivity contribution is 7.89. The Balaban J connectivity index is 2.93. The van der Waals surface area contributed by atoms with Gasteiger partial charge in [0.15, 0.2) is 0 Å². The summed E-state index contributed by atoms with van der Waals surface area (Å²) in [6.45, 7) is 0.245. The summed E-state index contributed by atoms with van der Waals surface area (Å²) in [7, 11) is -2.63. The van der Waals surface area contributed by atoms with Crippen molar-refractivity contribution >= 4 is 21.7 Å². The van der Waals surface area contributed by atoms with Crippen LogP contribution in [0.15, 0.2) is 23.1 Å². The van der Waals surface area contributed by atoms with Gasteiger partial charge in [0, 0.05) is 18.7 Å². The molecule has 0 saturated carbocycles. The fraction of sp³-hybridized carbons (Fsp3) is 0.357. The fourth-order valence-electron chi connectivity index (χ4n) is 1.69. The third-order valence-electron chi connectivity index (χ3n) is 2.74. The average molecular weight is 310 g/mol. The lowest BCUT2D eigenvalue weighted by Gasteiger charge is -2.11. The Bertz CT molecular complexity index is 647. The van der Waals surface area contributed by atoms with E-state index in [9.17, 15) is 13.2 Å². The van der Waals surface area contributed by atoms with Gasteiger partial charge in [-0.05, 0) is 31.0 Å². The van der Waals surface area contributed by atoms with E-state index in [1.165, 1.54) is 25.3 Å². The number of sulfonamides is 1. The van der Waals surface area contributed by atoms with Gasteiger partial charge < -0.3 is 10.5 Å². The highest BCUT2D eigenvalue weighted by Gasteiger charge is 2.22. The maximum atomic E-state index is 12.2. The molecule has 0 aliphatic rings. The first kappa shape index (κ1) is 17.0. The average Bonchev–Trinajstić information content (AvgIpc) is 2.45. The lowest BCUT2D eigenvalue weighted by Crippen LogP contribution is -2.26. The number of rotatable bonds is 7. The maximum absolute atomic E-state index is 12.2. The third kappa shape index (κ3) is 4.77. The number of terminal acetylenes is 1. The minimum absolute atomic E-state index is 0.0892. The van der Waals surface area contributed by atoms with E-state index < -0.39 is 16.0 Å². The smallest absolute Gasteiger partial charge is 0.339 e. The van der Waals surface area contributed by atoms with Crippen molar-refractivity contribution in [1.82, 2.24) is 4.72 Å². The van der Waals surface area contributed by atoms with Gasteiger partial charge in [-0.15, -0.1) is 12.3 Å². The summed E-state index contributed by atoms with van der Waals surface area (Å²) in [6, 6.07) is 3.98. The Morgan fingerprint density at radius 3 is 2.76 bits per heavy atom. The summed E-state index contributed by atoms with van der Waals surface area (Å²) >= 11 is 0. The second-order valence-corrected chi connectivity index (χ2v) is 6.04. The van der Waals surface area contributed by atoms with Crippen LogP contribution in [0.2, 0.25) is 0 Å². The first-order valence-corrected chi connectivity index (χ1v) is 7.81. The van der Waals surface area contributed by atoms with Crippen LogP contribution in [0.4, 0.5) is 5.69 Å². The summed E-state index contributed by atoms with van der Waals surface area (Å²) in [5.74, 6) is 1.73. The molecule has 3 N–H and O–H groups in total. The number of ether oxygens (including phenoxy) is 1. The molecule has 0 radical (unpaired) electrons. The second kappa shape index (κ2) is 7.67. The Kier molecular flexibility index (Phi) is 6.21. The molecule has 21 heavy (non-hydrogen) atoms. The van der Waals surface area contributed by atoms with E-state index in [-0.39, 0.29) is 22.7 Å². The van der Waals surface area contributed by atoms with Crippen molar-refractivity contribution in [2.45, 2.75) is 24.2 Å². The largest absolute Gasteiger partial charge is 0.465 e. The molecule has 6 nitrogen and oxygen atoms in total. The third-order valence-corrected chi connectivity index (χ3v) is 4.26. The predicted molar refractivity (Wildman–Crippen MR) is 80.1 cm³/mol. The van der Waals surface area contributed by atoms with Gasteiger partial charge in [-0.3, -0.25) is 0 Å². The molecule has 0 aromatic heterocycles. The van der Waals surface area contributed by atoms with Crippen molar-refractivity contribution in [2.24, 2.45) is 0 Å². The van der Waals surface area contributed by atoms with Gasteiger partial charge >= 0.3 is 5.97 Å². The molecular formula is C14H18N2O4S. The molecule has 0 amide bonds. The van der Waals surface area contributed by atoms with E-state index in [1.807, 2.05) is 0 Å². The van der Waals surface area contributed by atoms with Crippen molar-refractivity contribution in [3.05, 3.63) is 23.8 Å². The number of hydrogen-bond acceptors (Lipinski definition) is 5. The van der Waals surface area contributed by atoms with Gasteiger partial charge in [0.25, 0.3) is 0 Å². The summed E-state index contributed by atoms with van der Waals surface area (Å²) in [4.78, 5) is 11.5. The van der Waals surface area contributed by atoms with Gasteiger partial charge in [-0.1, -0.05) is 0 Å². The first-order valence-electron chi connectivity index (χ1n) is 6.33. The summed E-state index contributed by atoms with van der Waals surface area (Å²) < 4.78 is 31.4. The normalized spacial score (nSPS) is 10.9. The minimum Gasteiger partial charge on any atom is -0.465 e. The Hall–Kier alpha value is -2.04. The zero-order valence-corrected chi connectivity index (χ0v) is 12.6. The van der Waals surface area contributed by atoms with E-state index in [0.29, 0.717) is 12.8 Å². The number of nitrogens with one attached hydrogen (secondary N) is 1. The maximum Gasteiger partial charge on any atom is 0.339 e. The molecule has 0 atom stereocenters. The van der Waals surface area contributed by atoms with E-state index in [0.717, 1.165) is 6.42 Å². The minimum atomic E-state index is -3.81. The van der Waals surface area contributed by atoms with Crippen molar-refractivity contribution in [3.63, 3.8) is 0 Å². The quantitative estimate of drug-likeness (QED) is 0.340. The number of anilines is 1. The van der Waals surface area contributed by atoms with Gasteiger partial charge in [-0.25, -0.2) is 17.9 Å². The van der Waals surface area contributed by atoms with E-state index in [2.05, 4.69) is 15.4 Å². The monoisotopic (exact) mass is 310 g/mol. The molecule has 0 aliphatic carbocycles. The molecule has 0 saturated heterocycles. The van der Waals surface area contributed by atoms with Gasteiger partial charge in [0.05, 0.1) is 17.6 Å². The van der Waals surface area contributed by atoms with Crippen molar-refractivity contribution in [3.8, 4) is 12.3 Å². The zero-order chi connectivity index (χ0) is 15.9. The number of esters is 1. The van der Waals surface area contributed by atoms with Crippen LogP contribution in [0, 0.1) is 12.3 Å². The van der Waals surface area contributed by atoms with Gasteiger partial charge in [0.1, 0.15) is 0 Å². The molecule has 114 valence electrons. The van der Waals surface area contributed by atoms with Crippen LogP contribution in [0.5, 0.6) is 0 Å². The molecule has 0 aliphatic heterocycles. The number of nitrogen functional groups attached to an aromatic ring is 1. The molecule has 0 heterocycles. The van der Waals surface area contributed by atoms with Crippen LogP contribution >= 0.6 is 0 Å². The number of methoxy groups -OCH3 is 1. The molecule has 7 heteroatoms. The highest BCUT2D eigenvalue weighted by Crippen LogP contribution is 2.19. The van der Waals surface area contributed by atoms with Crippen LogP contribution in [0.3, 0.4) is 0 Å². The summed E-state index contributed by atoms with van der Waals surface area (Å²) in [5.41, 5.74) is 5.77. The number of unbranched alkanes of at least 4 members (excludes halogenated alkanes) is 2. The molecule has 1 aromatic carbocycles. The predicted octanol–water partition coefficient (Wildman–Crippen LogP) is 1.14. The van der Waals surface area contributed by atoms with Crippen LogP contribution in [-0.2, 0) is 14.8 Å². The summed E-state index contributed by atoms with van der Waals surface area (Å²) in [6.07, 6.45) is 7.06. The SMILES string of the molecule is C#CCCCCNS(=O)(=O)c1ccc(N)cc1C(=O)OC. The standard InChI is InChI=1S/C14H18N2O4S/c1-3-4-5-6-9-16-21(18,19)13-8-7-11(15)10-12(13)14(17)20-2/h1,7-8,10,16H,4-6,9,15H2,2H3. The van der Waals surface area contributed by atoms with Crippen LogP contribution in [0.25, 0.3) is 0 Å². The van der Waals surface area contributed by atoms with E-state index in [1.54, 1.807) is 0 Å². The number of carbonyl (C=O) groups is 1. The zero-order valence-electron chi connectivity index (χ0n) is 11.8. The lowest BCUT2D eigenvalue weighted by molar-refractivity contribution is 0.0596. The first-order chi connectivity index (χ1) is 9.92. The second-order valence-electron chi connectivity index (χ2n) is 4.31. The number of nitrogens with two attached hydrogens (primary N) is 1. The lowest BCUT2D eigenvalue weighted by atomic mass is 10.2. The number of benzene rings is 1. The molecule has 1 rings (SSSR count). The van der Waals surface area contributed by atoms with E-state index >= 15 is 0 Å². The van der Waals surface area contributed by atoms with Crippen LogP contribution in [0.1, 0.15) is 29.6 Å². The fourth-order valence-corrected chi connectivity index (χ4v) is 2.94. The molecule has 0 unspecified atom stereocenters. The summed E-state index contributed by atoms with van der Waals surface area (Å²) in [5, 5.41) is 0. The van der Waals surface area contributed by atoms with Crippen molar-refractivity contribution in [1.29, 1.82) is 0 Å². The van der Waals surface area contributed by atoms with E-state index in [4.69, 9.17) is 12.2 Å². The van der Waals surface area contributed by atoms with Gasteiger partial charge in [0.2, 0.25) is 10.0 Å². The Labute approximate surface area is 124 Å². The Morgan fingerprint density at radius 1 is 1.43 bits per heavy atom. The molecule has 0 fully saturated rings. The van der Waals surface area contributed by atoms with Crippen LogP contribution < -0.4 is 10.5 Å².